The van der Waals surface area contributed by atoms with Crippen molar-refractivity contribution in [1.82, 2.24) is 0 Å². The Labute approximate surface area is 87.4 Å². The second-order valence-corrected chi connectivity index (χ2v) is 3.76. The summed E-state index contributed by atoms with van der Waals surface area (Å²) in [7, 11) is 3.17. The molecule has 0 spiro atoms. The molecule has 0 aliphatic carbocycles. The van der Waals surface area contributed by atoms with E-state index < -0.39 is 0 Å². The van der Waals surface area contributed by atoms with Crippen LogP contribution in [-0.4, -0.2) is 26.3 Å². The van der Waals surface area contributed by atoms with Crippen molar-refractivity contribution < 1.29 is 13.9 Å². The first kappa shape index (κ1) is 11.5. The molecular formula is C10H13FO2S. The standard InChI is InChI=1S/C10H13FO2S/c1-12-10(13-2)7-14-9-5-3-4-8(11)6-9/h3-6,10H,7H2,1-2H3. The Bertz CT molecular complexity index is 277. The van der Waals surface area contributed by atoms with E-state index in [9.17, 15) is 4.39 Å². The molecule has 1 aromatic rings. The van der Waals surface area contributed by atoms with Crippen LogP contribution in [0.25, 0.3) is 0 Å². The van der Waals surface area contributed by atoms with Crippen LogP contribution < -0.4 is 0 Å². The molecular weight excluding hydrogens is 203 g/mol. The van der Waals surface area contributed by atoms with Gasteiger partial charge >= 0.3 is 0 Å². The monoisotopic (exact) mass is 216 g/mol. The van der Waals surface area contributed by atoms with Gasteiger partial charge in [0.15, 0.2) is 6.29 Å². The number of rotatable bonds is 5. The molecule has 0 radical (unpaired) electrons. The molecule has 0 saturated carbocycles. The highest BCUT2D eigenvalue weighted by Crippen LogP contribution is 2.20. The smallest absolute Gasteiger partial charge is 0.166 e. The number of thioether (sulfide) groups is 1. The summed E-state index contributed by atoms with van der Waals surface area (Å²) in [5.41, 5.74) is 0. The third kappa shape index (κ3) is 3.65. The second kappa shape index (κ2) is 6.01. The quantitative estimate of drug-likeness (QED) is 0.556. The fourth-order valence-electron chi connectivity index (χ4n) is 0.953. The maximum absolute atomic E-state index is 12.8. The normalized spacial score (nSPS) is 10.9. The minimum absolute atomic E-state index is 0.221. The van der Waals surface area contributed by atoms with E-state index in [1.165, 1.54) is 23.9 Å². The summed E-state index contributed by atoms with van der Waals surface area (Å²) < 4.78 is 22.8. The topological polar surface area (TPSA) is 18.5 Å². The van der Waals surface area contributed by atoms with Gasteiger partial charge in [-0.05, 0) is 18.2 Å². The van der Waals surface area contributed by atoms with Crippen LogP contribution in [0.3, 0.4) is 0 Å². The van der Waals surface area contributed by atoms with Gasteiger partial charge in [-0.1, -0.05) is 6.07 Å². The molecule has 0 saturated heterocycles. The lowest BCUT2D eigenvalue weighted by atomic mass is 10.4. The molecule has 0 atom stereocenters. The van der Waals surface area contributed by atoms with Crippen molar-refractivity contribution in [2.24, 2.45) is 0 Å². The van der Waals surface area contributed by atoms with Crippen LogP contribution in [0.1, 0.15) is 0 Å². The Morgan fingerprint density at radius 2 is 2.07 bits per heavy atom. The van der Waals surface area contributed by atoms with Gasteiger partial charge in [0.25, 0.3) is 0 Å². The van der Waals surface area contributed by atoms with E-state index >= 15 is 0 Å². The van der Waals surface area contributed by atoms with E-state index in [1.54, 1.807) is 20.3 Å². The molecule has 1 rings (SSSR count). The van der Waals surface area contributed by atoms with Crippen LogP contribution in [0.4, 0.5) is 4.39 Å². The first-order valence-electron chi connectivity index (χ1n) is 4.20. The van der Waals surface area contributed by atoms with Crippen LogP contribution >= 0.6 is 11.8 Å². The van der Waals surface area contributed by atoms with E-state index in [0.29, 0.717) is 5.75 Å². The summed E-state index contributed by atoms with van der Waals surface area (Å²) in [6.45, 7) is 0. The van der Waals surface area contributed by atoms with E-state index in [1.807, 2.05) is 6.07 Å². The summed E-state index contributed by atoms with van der Waals surface area (Å²) in [5, 5.41) is 0. The number of ether oxygens (including phenoxy) is 2. The number of methoxy groups -OCH3 is 2. The van der Waals surface area contributed by atoms with E-state index in [2.05, 4.69) is 0 Å². The average molecular weight is 216 g/mol. The molecule has 0 amide bonds. The van der Waals surface area contributed by atoms with E-state index in [0.717, 1.165) is 4.90 Å². The second-order valence-electron chi connectivity index (χ2n) is 2.67. The summed E-state index contributed by atoms with van der Waals surface area (Å²) in [4.78, 5) is 0.879. The van der Waals surface area contributed by atoms with Crippen molar-refractivity contribution in [3.8, 4) is 0 Å². The van der Waals surface area contributed by atoms with Crippen LogP contribution in [0, 0.1) is 5.82 Å². The maximum Gasteiger partial charge on any atom is 0.166 e. The highest BCUT2D eigenvalue weighted by atomic mass is 32.2. The van der Waals surface area contributed by atoms with Gasteiger partial charge in [-0.25, -0.2) is 4.39 Å². The van der Waals surface area contributed by atoms with Crippen molar-refractivity contribution in [3.05, 3.63) is 30.1 Å². The number of hydrogen-bond acceptors (Lipinski definition) is 3. The Morgan fingerprint density at radius 1 is 1.36 bits per heavy atom. The molecule has 4 heteroatoms. The zero-order valence-corrected chi connectivity index (χ0v) is 9.01. The molecule has 0 aliphatic heterocycles. The SMILES string of the molecule is COC(CSc1cccc(F)c1)OC. The van der Waals surface area contributed by atoms with Gasteiger partial charge < -0.3 is 9.47 Å². The zero-order chi connectivity index (χ0) is 10.4. The van der Waals surface area contributed by atoms with Crippen LogP contribution in [-0.2, 0) is 9.47 Å². The lowest BCUT2D eigenvalue weighted by Crippen LogP contribution is -2.15. The van der Waals surface area contributed by atoms with Crippen LogP contribution in [0.2, 0.25) is 0 Å². The molecule has 78 valence electrons. The fourth-order valence-corrected chi connectivity index (χ4v) is 1.92. The van der Waals surface area contributed by atoms with Gasteiger partial charge in [-0.2, -0.15) is 0 Å². The molecule has 0 heterocycles. The van der Waals surface area contributed by atoms with Gasteiger partial charge in [0.05, 0.1) is 0 Å². The third-order valence-electron chi connectivity index (χ3n) is 1.71. The van der Waals surface area contributed by atoms with E-state index in [-0.39, 0.29) is 12.1 Å². The van der Waals surface area contributed by atoms with Gasteiger partial charge in [-0.15, -0.1) is 11.8 Å². The molecule has 2 nitrogen and oxygen atoms in total. The molecule has 0 fully saturated rings. The number of halogens is 1. The Hall–Kier alpha value is -0.580. The predicted octanol–water partition coefficient (Wildman–Crippen LogP) is 2.54. The van der Waals surface area contributed by atoms with Crippen LogP contribution in [0.5, 0.6) is 0 Å². The lowest BCUT2D eigenvalue weighted by molar-refractivity contribution is -0.0842. The van der Waals surface area contributed by atoms with Gasteiger partial charge in [-0.3, -0.25) is 0 Å². The lowest BCUT2D eigenvalue weighted by Gasteiger charge is -2.12. The summed E-state index contributed by atoms with van der Waals surface area (Å²) >= 11 is 1.50. The fraction of sp³-hybridized carbons (Fsp3) is 0.400. The highest BCUT2D eigenvalue weighted by molar-refractivity contribution is 7.99. The average Bonchev–Trinajstić information content (AvgIpc) is 2.19. The molecule has 1 aromatic carbocycles. The summed E-state index contributed by atoms with van der Waals surface area (Å²) in [6.07, 6.45) is -0.247. The Morgan fingerprint density at radius 3 is 2.64 bits per heavy atom. The highest BCUT2D eigenvalue weighted by Gasteiger charge is 2.05. The van der Waals surface area contributed by atoms with Gasteiger partial charge in [0, 0.05) is 24.9 Å². The number of benzene rings is 1. The van der Waals surface area contributed by atoms with Crippen molar-refractivity contribution >= 4 is 11.8 Å². The van der Waals surface area contributed by atoms with Crippen molar-refractivity contribution in [1.29, 1.82) is 0 Å². The molecule has 0 aromatic heterocycles. The Balaban J connectivity index is 2.44. The maximum atomic E-state index is 12.8. The minimum atomic E-state index is -0.247. The molecule has 0 N–H and O–H groups in total. The van der Waals surface area contributed by atoms with Crippen molar-refractivity contribution in [2.75, 3.05) is 20.0 Å². The summed E-state index contributed by atoms with van der Waals surface area (Å²) in [6, 6.07) is 6.46. The first-order chi connectivity index (χ1) is 6.76. The third-order valence-corrected chi connectivity index (χ3v) is 2.73. The molecule has 0 unspecified atom stereocenters. The van der Waals surface area contributed by atoms with Crippen molar-refractivity contribution in [3.63, 3.8) is 0 Å². The van der Waals surface area contributed by atoms with Gasteiger partial charge in [0.1, 0.15) is 5.82 Å². The molecule has 0 aliphatic rings. The van der Waals surface area contributed by atoms with Gasteiger partial charge in [0.2, 0.25) is 0 Å². The molecule has 0 bridgehead atoms. The Kier molecular flexibility index (Phi) is 4.93. The van der Waals surface area contributed by atoms with Crippen molar-refractivity contribution in [2.45, 2.75) is 11.2 Å². The minimum Gasteiger partial charge on any atom is -0.355 e. The summed E-state index contributed by atoms with van der Waals surface area (Å²) in [5.74, 6) is 0.428. The number of hydrogen-bond donors (Lipinski definition) is 0. The molecule has 14 heavy (non-hydrogen) atoms. The first-order valence-corrected chi connectivity index (χ1v) is 5.18. The van der Waals surface area contributed by atoms with E-state index in [4.69, 9.17) is 9.47 Å². The largest absolute Gasteiger partial charge is 0.355 e. The van der Waals surface area contributed by atoms with Crippen LogP contribution in [0.15, 0.2) is 29.2 Å². The zero-order valence-electron chi connectivity index (χ0n) is 8.20. The predicted molar refractivity (Wildman–Crippen MR) is 54.9 cm³/mol.